The van der Waals surface area contributed by atoms with E-state index in [1.54, 1.807) is 12.1 Å². The topological polar surface area (TPSA) is 45.0 Å². The van der Waals surface area contributed by atoms with Crippen LogP contribution in [0, 0.1) is 11.3 Å². The lowest BCUT2D eigenvalue weighted by Crippen LogP contribution is -2.04. The van der Waals surface area contributed by atoms with Gasteiger partial charge in [-0.1, -0.05) is 28.1 Å². The fraction of sp³-hybridized carbons (Fsp3) is 0.133. The Bertz CT molecular complexity index is 620. The van der Waals surface area contributed by atoms with Crippen LogP contribution >= 0.6 is 15.9 Å². The molecule has 0 aromatic heterocycles. The van der Waals surface area contributed by atoms with Gasteiger partial charge < -0.3 is 10.1 Å². The highest BCUT2D eigenvalue weighted by Gasteiger charge is 2.06. The number of hydrogen-bond acceptors (Lipinski definition) is 3. The quantitative estimate of drug-likeness (QED) is 0.932. The molecule has 1 N–H and O–H groups in total. The molecule has 0 saturated heterocycles. The molecule has 2 rings (SSSR count). The number of nitriles is 1. The Balaban J connectivity index is 2.28. The molecule has 19 heavy (non-hydrogen) atoms. The largest absolute Gasteiger partial charge is 0.456 e. The molecule has 0 aliphatic heterocycles. The first-order chi connectivity index (χ1) is 9.22. The Hall–Kier alpha value is -1.83. The van der Waals surface area contributed by atoms with E-state index < -0.39 is 0 Å². The van der Waals surface area contributed by atoms with Crippen molar-refractivity contribution in [1.29, 1.82) is 5.26 Å². The molecule has 2 aromatic rings. The lowest BCUT2D eigenvalue weighted by atomic mass is 10.2. The molecule has 0 amide bonds. The van der Waals surface area contributed by atoms with Crippen LogP contribution in [-0.2, 0) is 6.54 Å². The van der Waals surface area contributed by atoms with Crippen molar-refractivity contribution in [3.63, 3.8) is 0 Å². The summed E-state index contributed by atoms with van der Waals surface area (Å²) >= 11 is 3.38. The van der Waals surface area contributed by atoms with Gasteiger partial charge in [0.1, 0.15) is 17.6 Å². The molecule has 4 heteroatoms. The van der Waals surface area contributed by atoms with Gasteiger partial charge in [0.2, 0.25) is 0 Å². The molecular weight excluding hydrogens is 304 g/mol. The lowest BCUT2D eigenvalue weighted by Gasteiger charge is -2.09. The Labute approximate surface area is 121 Å². The highest BCUT2D eigenvalue weighted by molar-refractivity contribution is 9.10. The molecule has 0 spiro atoms. The molecule has 0 radical (unpaired) electrons. The van der Waals surface area contributed by atoms with E-state index in [4.69, 9.17) is 10.00 Å². The van der Waals surface area contributed by atoms with Crippen molar-refractivity contribution in [3.05, 3.63) is 58.1 Å². The molecule has 0 heterocycles. The molecule has 0 atom stereocenters. The number of nitrogens with one attached hydrogen (secondary N) is 1. The lowest BCUT2D eigenvalue weighted by molar-refractivity contribution is 0.480. The maximum Gasteiger partial charge on any atom is 0.146 e. The van der Waals surface area contributed by atoms with Gasteiger partial charge in [0.05, 0.1) is 5.56 Å². The van der Waals surface area contributed by atoms with Crippen LogP contribution in [0.3, 0.4) is 0 Å². The maximum absolute atomic E-state index is 9.07. The number of halogens is 1. The number of ether oxygens (including phenoxy) is 1. The van der Waals surface area contributed by atoms with Crippen LogP contribution in [0.25, 0.3) is 0 Å². The van der Waals surface area contributed by atoms with E-state index in [0.717, 1.165) is 22.3 Å². The zero-order chi connectivity index (χ0) is 13.7. The van der Waals surface area contributed by atoms with E-state index in [1.165, 1.54) is 0 Å². The SMILES string of the molecule is CNCc1cccc(Oc2cc(Br)ccc2C#N)c1. The van der Waals surface area contributed by atoms with Crippen LogP contribution in [0.2, 0.25) is 0 Å². The smallest absolute Gasteiger partial charge is 0.146 e. The van der Waals surface area contributed by atoms with Crippen molar-refractivity contribution in [2.24, 2.45) is 0 Å². The van der Waals surface area contributed by atoms with Gasteiger partial charge in [-0.2, -0.15) is 5.26 Å². The van der Waals surface area contributed by atoms with Crippen molar-refractivity contribution in [2.75, 3.05) is 7.05 Å². The predicted octanol–water partition coefficient (Wildman–Crippen LogP) is 3.83. The summed E-state index contributed by atoms with van der Waals surface area (Å²) < 4.78 is 6.67. The third kappa shape index (κ3) is 3.57. The summed E-state index contributed by atoms with van der Waals surface area (Å²) in [5, 5.41) is 12.2. The van der Waals surface area contributed by atoms with E-state index in [-0.39, 0.29) is 0 Å². The first-order valence-electron chi connectivity index (χ1n) is 5.84. The summed E-state index contributed by atoms with van der Waals surface area (Å²) in [6, 6.07) is 15.3. The molecule has 2 aromatic carbocycles. The number of rotatable bonds is 4. The summed E-state index contributed by atoms with van der Waals surface area (Å²) in [6.07, 6.45) is 0. The zero-order valence-electron chi connectivity index (χ0n) is 10.5. The molecule has 0 unspecified atom stereocenters. The van der Waals surface area contributed by atoms with Crippen LogP contribution in [0.4, 0.5) is 0 Å². The van der Waals surface area contributed by atoms with Crippen molar-refractivity contribution in [3.8, 4) is 17.6 Å². The average molecular weight is 317 g/mol. The molecule has 0 aliphatic carbocycles. The zero-order valence-corrected chi connectivity index (χ0v) is 12.1. The average Bonchev–Trinajstić information content (AvgIpc) is 2.40. The van der Waals surface area contributed by atoms with E-state index in [2.05, 4.69) is 27.3 Å². The monoisotopic (exact) mass is 316 g/mol. The van der Waals surface area contributed by atoms with Gasteiger partial charge in [0.15, 0.2) is 0 Å². The standard InChI is InChI=1S/C15H13BrN2O/c1-18-10-11-3-2-4-14(7-11)19-15-8-13(16)6-5-12(15)9-17/h2-8,18H,10H2,1H3. The van der Waals surface area contributed by atoms with Gasteiger partial charge in [-0.05, 0) is 42.9 Å². The molecule has 96 valence electrons. The van der Waals surface area contributed by atoms with Crippen molar-refractivity contribution in [1.82, 2.24) is 5.32 Å². The van der Waals surface area contributed by atoms with Gasteiger partial charge in [-0.3, -0.25) is 0 Å². The number of nitrogens with zero attached hydrogens (tertiary/aromatic N) is 1. The van der Waals surface area contributed by atoms with Crippen LogP contribution in [-0.4, -0.2) is 7.05 Å². The van der Waals surface area contributed by atoms with E-state index >= 15 is 0 Å². The Morgan fingerprint density at radius 1 is 1.26 bits per heavy atom. The summed E-state index contributed by atoms with van der Waals surface area (Å²) in [7, 11) is 1.90. The third-order valence-corrected chi connectivity index (χ3v) is 3.06. The highest BCUT2D eigenvalue weighted by atomic mass is 79.9. The Morgan fingerprint density at radius 3 is 2.84 bits per heavy atom. The van der Waals surface area contributed by atoms with E-state index in [9.17, 15) is 0 Å². The normalized spacial score (nSPS) is 9.95. The summed E-state index contributed by atoms with van der Waals surface area (Å²) in [5.41, 5.74) is 1.65. The van der Waals surface area contributed by atoms with Gasteiger partial charge in [0, 0.05) is 11.0 Å². The van der Waals surface area contributed by atoms with Crippen LogP contribution in [0.15, 0.2) is 46.9 Å². The van der Waals surface area contributed by atoms with E-state index in [0.29, 0.717) is 11.3 Å². The van der Waals surface area contributed by atoms with Crippen molar-refractivity contribution < 1.29 is 4.74 Å². The Morgan fingerprint density at radius 2 is 2.11 bits per heavy atom. The molecule has 0 aliphatic rings. The minimum atomic E-state index is 0.516. The first kappa shape index (κ1) is 13.6. The maximum atomic E-state index is 9.07. The Kier molecular flexibility index (Phi) is 4.56. The van der Waals surface area contributed by atoms with Crippen molar-refractivity contribution >= 4 is 15.9 Å². The van der Waals surface area contributed by atoms with E-state index in [1.807, 2.05) is 37.4 Å². The molecular formula is C15H13BrN2O. The van der Waals surface area contributed by atoms with Gasteiger partial charge in [-0.15, -0.1) is 0 Å². The first-order valence-corrected chi connectivity index (χ1v) is 6.63. The minimum absolute atomic E-state index is 0.516. The predicted molar refractivity (Wildman–Crippen MR) is 78.1 cm³/mol. The van der Waals surface area contributed by atoms with Crippen LogP contribution < -0.4 is 10.1 Å². The summed E-state index contributed by atoms with van der Waals surface area (Å²) in [4.78, 5) is 0. The molecule has 3 nitrogen and oxygen atoms in total. The second kappa shape index (κ2) is 6.37. The summed E-state index contributed by atoms with van der Waals surface area (Å²) in [6.45, 7) is 0.779. The number of hydrogen-bond donors (Lipinski definition) is 1. The van der Waals surface area contributed by atoms with Crippen molar-refractivity contribution in [2.45, 2.75) is 6.54 Å². The second-order valence-corrected chi connectivity index (χ2v) is 4.95. The molecule has 0 bridgehead atoms. The fourth-order valence-corrected chi connectivity index (χ4v) is 2.06. The highest BCUT2D eigenvalue weighted by Crippen LogP contribution is 2.28. The molecule has 0 saturated carbocycles. The van der Waals surface area contributed by atoms with Crippen LogP contribution in [0.5, 0.6) is 11.5 Å². The molecule has 0 fully saturated rings. The fourth-order valence-electron chi connectivity index (χ4n) is 1.72. The second-order valence-electron chi connectivity index (χ2n) is 4.03. The van der Waals surface area contributed by atoms with Gasteiger partial charge in [-0.25, -0.2) is 0 Å². The summed E-state index contributed by atoms with van der Waals surface area (Å²) in [5.74, 6) is 1.28. The number of benzene rings is 2. The van der Waals surface area contributed by atoms with Crippen LogP contribution in [0.1, 0.15) is 11.1 Å². The third-order valence-electron chi connectivity index (χ3n) is 2.57. The van der Waals surface area contributed by atoms with Gasteiger partial charge in [0.25, 0.3) is 0 Å². The minimum Gasteiger partial charge on any atom is -0.456 e. The van der Waals surface area contributed by atoms with Gasteiger partial charge >= 0.3 is 0 Å².